The molecular weight excluding hydrogens is 372 g/mol. The summed E-state index contributed by atoms with van der Waals surface area (Å²) in [7, 11) is -1.71. The van der Waals surface area contributed by atoms with E-state index in [-0.39, 0.29) is 0 Å². The van der Waals surface area contributed by atoms with Crippen molar-refractivity contribution in [3.05, 3.63) is 14.7 Å². The molecule has 120 valence electrons. The van der Waals surface area contributed by atoms with Crippen molar-refractivity contribution in [2.45, 2.75) is 38.1 Å². The van der Waals surface area contributed by atoms with E-state index in [1.165, 1.54) is 15.6 Å². The second-order valence-corrected chi connectivity index (χ2v) is 10.3. The van der Waals surface area contributed by atoms with Gasteiger partial charge in [0.2, 0.25) is 10.0 Å². The highest BCUT2D eigenvalue weighted by molar-refractivity contribution is 9.11. The summed E-state index contributed by atoms with van der Waals surface area (Å²) in [6.07, 6.45) is 2.21. The van der Waals surface area contributed by atoms with Gasteiger partial charge in [-0.05, 0) is 53.2 Å². The molecule has 0 spiro atoms. The highest BCUT2D eigenvalue weighted by atomic mass is 79.9. The molecule has 0 bridgehead atoms. The summed E-state index contributed by atoms with van der Waals surface area (Å²) in [6.45, 7) is 6.56. The summed E-state index contributed by atoms with van der Waals surface area (Å²) in [5.41, 5.74) is 0. The third-order valence-corrected chi connectivity index (χ3v) is 7.96. The summed E-state index contributed by atoms with van der Waals surface area (Å²) in [6, 6.07) is 1.79. The minimum Gasteiger partial charge on any atom is -0.312 e. The molecule has 2 unspecified atom stereocenters. The molecule has 4 nitrogen and oxygen atoms in total. The molecule has 1 N–H and O–H groups in total. The lowest BCUT2D eigenvalue weighted by Gasteiger charge is -2.16. The largest absolute Gasteiger partial charge is 0.312 e. The van der Waals surface area contributed by atoms with Crippen molar-refractivity contribution in [3.8, 4) is 0 Å². The van der Waals surface area contributed by atoms with E-state index in [4.69, 9.17) is 0 Å². The average Bonchev–Trinajstić information content (AvgIpc) is 2.96. The molecule has 1 aliphatic rings. The Morgan fingerprint density at radius 1 is 1.52 bits per heavy atom. The SMILES string of the molecule is CCCNCc1cc(S(=O)(=O)N(C)CC2CC2C)c(Br)s1. The zero-order valence-corrected chi connectivity index (χ0v) is 15.9. The van der Waals surface area contributed by atoms with Crippen LogP contribution >= 0.6 is 27.3 Å². The van der Waals surface area contributed by atoms with E-state index in [9.17, 15) is 8.42 Å². The van der Waals surface area contributed by atoms with Gasteiger partial charge in [0.15, 0.2) is 0 Å². The number of thiophene rings is 1. The number of halogens is 1. The second-order valence-electron chi connectivity index (χ2n) is 5.79. The van der Waals surface area contributed by atoms with Crippen LogP contribution in [0.3, 0.4) is 0 Å². The van der Waals surface area contributed by atoms with E-state index in [2.05, 4.69) is 35.1 Å². The highest BCUT2D eigenvalue weighted by Crippen LogP contribution is 2.40. The molecule has 0 amide bonds. The first-order valence-electron chi connectivity index (χ1n) is 7.31. The number of hydrogen-bond donors (Lipinski definition) is 1. The van der Waals surface area contributed by atoms with Gasteiger partial charge in [0.1, 0.15) is 4.90 Å². The molecule has 1 fully saturated rings. The number of nitrogens with one attached hydrogen (secondary N) is 1. The van der Waals surface area contributed by atoms with Gasteiger partial charge in [-0.15, -0.1) is 11.3 Å². The Balaban J connectivity index is 2.08. The maximum absolute atomic E-state index is 12.6. The normalized spacial score (nSPS) is 22.0. The van der Waals surface area contributed by atoms with Crippen molar-refractivity contribution in [1.29, 1.82) is 0 Å². The molecule has 7 heteroatoms. The van der Waals surface area contributed by atoms with Crippen LogP contribution in [0.15, 0.2) is 14.7 Å². The Hall–Kier alpha value is 0.0500. The lowest BCUT2D eigenvalue weighted by atomic mass is 10.3. The van der Waals surface area contributed by atoms with Crippen LogP contribution < -0.4 is 5.32 Å². The summed E-state index contributed by atoms with van der Waals surface area (Å²) in [4.78, 5) is 1.44. The molecule has 2 atom stereocenters. The number of sulfonamides is 1. The quantitative estimate of drug-likeness (QED) is 0.688. The predicted octanol–water partition coefficient (Wildman–Crippen LogP) is 3.29. The van der Waals surface area contributed by atoms with Gasteiger partial charge in [-0.1, -0.05) is 13.8 Å². The summed E-state index contributed by atoms with van der Waals surface area (Å²) < 4.78 is 27.5. The van der Waals surface area contributed by atoms with Crippen LogP contribution in [-0.2, 0) is 16.6 Å². The first-order chi connectivity index (χ1) is 9.86. The Kier molecular flexibility index (Phi) is 5.87. The Morgan fingerprint density at radius 2 is 2.19 bits per heavy atom. The van der Waals surface area contributed by atoms with E-state index in [0.717, 1.165) is 30.8 Å². The second kappa shape index (κ2) is 7.08. The van der Waals surface area contributed by atoms with Crippen molar-refractivity contribution >= 4 is 37.3 Å². The van der Waals surface area contributed by atoms with E-state index < -0.39 is 10.0 Å². The van der Waals surface area contributed by atoms with Gasteiger partial charge in [-0.2, -0.15) is 0 Å². The Labute approximate surface area is 140 Å². The zero-order chi connectivity index (χ0) is 15.6. The van der Waals surface area contributed by atoms with E-state index in [1.807, 2.05) is 0 Å². The van der Waals surface area contributed by atoms with Crippen LogP contribution in [0.2, 0.25) is 0 Å². The van der Waals surface area contributed by atoms with Crippen LogP contribution in [0.25, 0.3) is 0 Å². The van der Waals surface area contributed by atoms with Crippen molar-refractivity contribution in [2.24, 2.45) is 11.8 Å². The van der Waals surface area contributed by atoms with Gasteiger partial charge >= 0.3 is 0 Å². The molecule has 1 aromatic heterocycles. The highest BCUT2D eigenvalue weighted by Gasteiger charge is 2.36. The first-order valence-corrected chi connectivity index (χ1v) is 10.4. The van der Waals surface area contributed by atoms with Gasteiger partial charge < -0.3 is 5.32 Å². The average molecular weight is 395 g/mol. The van der Waals surface area contributed by atoms with Gasteiger partial charge in [0.25, 0.3) is 0 Å². The van der Waals surface area contributed by atoms with E-state index in [0.29, 0.717) is 27.1 Å². The summed E-state index contributed by atoms with van der Waals surface area (Å²) >= 11 is 4.90. The van der Waals surface area contributed by atoms with Gasteiger partial charge in [-0.3, -0.25) is 0 Å². The predicted molar refractivity (Wildman–Crippen MR) is 91.1 cm³/mol. The molecule has 1 heterocycles. The van der Waals surface area contributed by atoms with Crippen molar-refractivity contribution in [3.63, 3.8) is 0 Å². The molecule has 0 radical (unpaired) electrons. The Morgan fingerprint density at radius 3 is 2.76 bits per heavy atom. The molecule has 0 aromatic carbocycles. The van der Waals surface area contributed by atoms with Crippen molar-refractivity contribution < 1.29 is 8.42 Å². The fourth-order valence-electron chi connectivity index (χ4n) is 2.30. The maximum Gasteiger partial charge on any atom is 0.244 e. The maximum atomic E-state index is 12.6. The van der Waals surface area contributed by atoms with E-state index >= 15 is 0 Å². The molecule has 1 saturated carbocycles. The first kappa shape index (κ1) is 17.4. The van der Waals surface area contributed by atoms with Crippen LogP contribution in [0.4, 0.5) is 0 Å². The van der Waals surface area contributed by atoms with Crippen LogP contribution in [0.5, 0.6) is 0 Å². The van der Waals surface area contributed by atoms with Gasteiger partial charge in [-0.25, -0.2) is 12.7 Å². The summed E-state index contributed by atoms with van der Waals surface area (Å²) in [5, 5.41) is 3.30. The molecule has 2 rings (SSSR count). The topological polar surface area (TPSA) is 49.4 Å². The van der Waals surface area contributed by atoms with Crippen molar-refractivity contribution in [2.75, 3.05) is 20.1 Å². The van der Waals surface area contributed by atoms with Crippen molar-refractivity contribution in [1.82, 2.24) is 9.62 Å². The minimum absolute atomic E-state index is 0.400. The van der Waals surface area contributed by atoms with Crippen LogP contribution in [-0.4, -0.2) is 32.9 Å². The molecule has 21 heavy (non-hydrogen) atoms. The zero-order valence-electron chi connectivity index (χ0n) is 12.7. The monoisotopic (exact) mass is 394 g/mol. The number of nitrogens with zero attached hydrogens (tertiary/aromatic N) is 1. The standard InChI is InChI=1S/C14H23BrN2O2S2/c1-4-5-16-8-12-7-13(14(15)20-12)21(18,19)17(3)9-11-6-10(11)2/h7,10-11,16H,4-6,8-9H2,1-3H3. The lowest BCUT2D eigenvalue weighted by Crippen LogP contribution is -2.29. The Bertz CT molecular complexity index is 586. The number of hydrogen-bond acceptors (Lipinski definition) is 4. The van der Waals surface area contributed by atoms with Gasteiger partial charge in [0, 0.05) is 25.0 Å². The number of rotatable bonds is 8. The van der Waals surface area contributed by atoms with Gasteiger partial charge in [0.05, 0.1) is 3.79 Å². The summed E-state index contributed by atoms with van der Waals surface area (Å²) in [5.74, 6) is 1.18. The fourth-order valence-corrected chi connectivity index (χ4v) is 6.12. The fraction of sp³-hybridized carbons (Fsp3) is 0.714. The van der Waals surface area contributed by atoms with Crippen LogP contribution in [0, 0.1) is 11.8 Å². The van der Waals surface area contributed by atoms with Crippen LogP contribution in [0.1, 0.15) is 31.6 Å². The van der Waals surface area contributed by atoms with E-state index in [1.54, 1.807) is 13.1 Å². The molecule has 0 saturated heterocycles. The third kappa shape index (κ3) is 4.28. The smallest absolute Gasteiger partial charge is 0.244 e. The molecular formula is C14H23BrN2O2S2. The molecule has 1 aliphatic carbocycles. The minimum atomic E-state index is -3.39. The third-order valence-electron chi connectivity index (χ3n) is 3.89. The molecule has 0 aliphatic heterocycles. The molecule has 1 aromatic rings. The lowest BCUT2D eigenvalue weighted by molar-refractivity contribution is 0.444.